The van der Waals surface area contributed by atoms with Crippen molar-refractivity contribution in [1.82, 2.24) is 20.9 Å². The van der Waals surface area contributed by atoms with Gasteiger partial charge in [0.25, 0.3) is 0 Å². The van der Waals surface area contributed by atoms with Crippen molar-refractivity contribution in [3.8, 4) is 0 Å². The number of alkyl carbamates (subject to hydrolysis) is 2. The standard InChI is InChI=1S/C20H30Cl2N2O5.C13H23NO4.C7H9Cl2NO2.ClH.H2/c1-19(2,3)29-18(27)23-14(11-8-6-5-7-9-11)16(25)24-10-12-13(20(12,21)22)15(24)17(26)28-4;1-13(2,3)18-12(17)14-10(11(15)16)9-7-5-4-6-8-9;1-12-6(11)5-4-3(2-10-5)7(4,8)9;;/h11-15H,5-10H2,1-4H3,(H,23,27);9-10H,4-8H2,1-3H3,(H,14,17)(H,15,16);3-5,10H,2H2,1H3;2*1H/t12-,13-,14-,15-;10-;3-,4-,5-;;/m000../s1. The van der Waals surface area contributed by atoms with Gasteiger partial charge in [-0.15, -0.1) is 58.8 Å². The minimum absolute atomic E-state index is 0. The van der Waals surface area contributed by atoms with Gasteiger partial charge in [0.2, 0.25) is 5.91 Å². The van der Waals surface area contributed by atoms with Gasteiger partial charge < -0.3 is 44.9 Å². The van der Waals surface area contributed by atoms with Crippen LogP contribution in [0.5, 0.6) is 0 Å². The Morgan fingerprint density at radius 1 is 0.700 bits per heavy atom. The van der Waals surface area contributed by atoms with Crippen LogP contribution in [0.1, 0.15) is 107 Å². The molecule has 8 atom stereocenters. The van der Waals surface area contributed by atoms with Gasteiger partial charge in [0.15, 0.2) is 0 Å². The minimum Gasteiger partial charge on any atom is -0.480 e. The molecule has 0 unspecified atom stereocenters. The van der Waals surface area contributed by atoms with E-state index in [4.69, 9.17) is 60.6 Å². The second kappa shape index (κ2) is 21.0. The van der Waals surface area contributed by atoms with E-state index in [0.29, 0.717) is 6.54 Å². The molecule has 6 aliphatic rings. The van der Waals surface area contributed by atoms with Crippen molar-refractivity contribution in [3.63, 3.8) is 0 Å². The van der Waals surface area contributed by atoms with Crippen LogP contribution >= 0.6 is 58.8 Å². The quantitative estimate of drug-likeness (QED) is 0.110. The average Bonchev–Trinajstić information content (AvgIpc) is 3.61. The number of alkyl halides is 4. The molecule has 0 spiro atoms. The zero-order valence-corrected chi connectivity index (χ0v) is 39.5. The maximum atomic E-state index is 13.5. The van der Waals surface area contributed by atoms with Crippen LogP contribution in [-0.2, 0) is 38.1 Å². The van der Waals surface area contributed by atoms with Gasteiger partial charge in [-0.2, -0.15) is 0 Å². The van der Waals surface area contributed by atoms with Gasteiger partial charge in [0, 0.05) is 38.2 Å². The van der Waals surface area contributed by atoms with E-state index in [9.17, 15) is 33.9 Å². The maximum absolute atomic E-state index is 13.5. The van der Waals surface area contributed by atoms with Crippen LogP contribution in [0.25, 0.3) is 0 Å². The highest BCUT2D eigenvalue weighted by molar-refractivity contribution is 6.52. The largest absolute Gasteiger partial charge is 0.480 e. The molecule has 20 heteroatoms. The van der Waals surface area contributed by atoms with E-state index in [1.807, 2.05) is 0 Å². The molecule has 15 nitrogen and oxygen atoms in total. The number of esters is 2. The van der Waals surface area contributed by atoms with E-state index in [-0.39, 0.29) is 73.8 Å². The summed E-state index contributed by atoms with van der Waals surface area (Å²) in [6, 6.07) is -2.73. The molecule has 0 radical (unpaired) electrons. The first kappa shape index (κ1) is 52.2. The fraction of sp³-hybridized carbons (Fsp3) is 0.850. The number of carboxylic acid groups (broad SMARTS) is 1. The van der Waals surface area contributed by atoms with Crippen molar-refractivity contribution in [3.05, 3.63) is 0 Å². The number of carbonyl (C=O) groups is 6. The van der Waals surface area contributed by atoms with E-state index >= 15 is 0 Å². The number of nitrogens with zero attached hydrogens (tertiary/aromatic N) is 1. The molecule has 4 saturated carbocycles. The zero-order valence-electron chi connectivity index (χ0n) is 35.7. The first-order valence-corrected chi connectivity index (χ1v) is 22.0. The van der Waals surface area contributed by atoms with Crippen LogP contribution in [0.4, 0.5) is 9.59 Å². The monoisotopic (exact) mass is 952 g/mol. The third-order valence-corrected chi connectivity index (χ3v) is 13.9. The van der Waals surface area contributed by atoms with Crippen molar-refractivity contribution >= 4 is 94.8 Å². The number of carbonyl (C=O) groups excluding carboxylic acids is 5. The highest BCUT2D eigenvalue weighted by atomic mass is 35.5. The van der Waals surface area contributed by atoms with E-state index in [0.717, 1.165) is 64.2 Å². The number of hydrogen-bond donors (Lipinski definition) is 4. The van der Waals surface area contributed by atoms with Gasteiger partial charge >= 0.3 is 30.1 Å². The normalized spacial score (nSPS) is 28.4. The van der Waals surface area contributed by atoms with Gasteiger partial charge in [0.1, 0.15) is 44.0 Å². The fourth-order valence-corrected chi connectivity index (χ4v) is 10.5. The number of piperidine rings is 2. The lowest BCUT2D eigenvalue weighted by molar-refractivity contribution is -0.153. The highest BCUT2D eigenvalue weighted by Gasteiger charge is 2.74. The van der Waals surface area contributed by atoms with Crippen molar-refractivity contribution in [2.75, 3.05) is 27.3 Å². The van der Waals surface area contributed by atoms with Gasteiger partial charge in [-0.25, -0.2) is 19.2 Å². The Hall–Kier alpha value is -2.17. The molecule has 0 aromatic carbocycles. The first-order chi connectivity index (χ1) is 27.3. The second-order valence-corrected chi connectivity index (χ2v) is 21.3. The molecule has 4 aliphatic carbocycles. The zero-order chi connectivity index (χ0) is 44.2. The molecule has 346 valence electrons. The van der Waals surface area contributed by atoms with Crippen molar-refractivity contribution in [2.24, 2.45) is 35.5 Å². The van der Waals surface area contributed by atoms with Gasteiger partial charge in [-0.05, 0) is 79.1 Å². The molecule has 2 saturated heterocycles. The molecular formula is C40H65Cl5N4O11. The van der Waals surface area contributed by atoms with Gasteiger partial charge in [0.05, 0.1) is 14.2 Å². The lowest BCUT2D eigenvalue weighted by Gasteiger charge is -2.36. The number of aliphatic carboxylic acids is 1. The number of carboxylic acids is 1. The molecule has 6 fully saturated rings. The predicted molar refractivity (Wildman–Crippen MR) is 231 cm³/mol. The van der Waals surface area contributed by atoms with E-state index in [1.165, 1.54) is 19.1 Å². The Bertz CT molecular complexity index is 1550. The molecule has 60 heavy (non-hydrogen) atoms. The molecule has 4 N–H and O–H groups in total. The number of fused-ring (bicyclic) bond motifs is 2. The van der Waals surface area contributed by atoms with Crippen molar-refractivity contribution in [1.29, 1.82) is 0 Å². The summed E-state index contributed by atoms with van der Waals surface area (Å²) in [6.07, 6.45) is 8.43. The summed E-state index contributed by atoms with van der Waals surface area (Å²) in [5.41, 5.74) is -1.29. The summed E-state index contributed by atoms with van der Waals surface area (Å²) in [5.74, 6) is -2.34. The van der Waals surface area contributed by atoms with E-state index in [1.54, 1.807) is 41.5 Å². The van der Waals surface area contributed by atoms with Crippen LogP contribution < -0.4 is 16.0 Å². The van der Waals surface area contributed by atoms with Gasteiger partial charge in [-0.1, -0.05) is 38.5 Å². The minimum atomic E-state index is -1.02. The number of hydrogen-bond acceptors (Lipinski definition) is 11. The Kier molecular flexibility index (Phi) is 18.3. The number of ether oxygens (including phenoxy) is 4. The average molecular weight is 955 g/mol. The molecule has 6 rings (SSSR count). The summed E-state index contributed by atoms with van der Waals surface area (Å²) in [6.45, 7) is 11.5. The SMILES string of the molecule is CC(C)(C)OC(=O)N[C@H](C(=O)O)C1CCCCC1.COC(=O)[C@@H]1[C@@H]2[C@H](CN1C(=O)[C@@H](NC(=O)OC(C)(C)C)C1CCCCC1)C2(Cl)Cl.COC(=O)[C@H]1NC[C@H]2[C@@H]1C2(Cl)Cl.Cl.[HH]. The van der Waals surface area contributed by atoms with Crippen molar-refractivity contribution < 1.29 is 54.2 Å². The maximum Gasteiger partial charge on any atom is 0.408 e. The number of likely N-dealkylation sites (tertiary alicyclic amines) is 1. The number of rotatable bonds is 8. The smallest absolute Gasteiger partial charge is 0.408 e. The molecule has 2 aliphatic heterocycles. The topological polar surface area (TPSA) is 199 Å². The summed E-state index contributed by atoms with van der Waals surface area (Å²) < 4.78 is 18.3. The Morgan fingerprint density at radius 3 is 1.53 bits per heavy atom. The third kappa shape index (κ3) is 13.2. The van der Waals surface area contributed by atoms with Crippen LogP contribution in [0, 0.1) is 35.5 Å². The number of halogens is 5. The molecule has 3 amide bonds. The Morgan fingerprint density at radius 2 is 1.13 bits per heavy atom. The third-order valence-electron chi connectivity index (χ3n) is 11.8. The summed E-state index contributed by atoms with van der Waals surface area (Å²) in [4.78, 5) is 73.8. The summed E-state index contributed by atoms with van der Waals surface area (Å²) in [5, 5.41) is 17.5. The molecule has 2 heterocycles. The lowest BCUT2D eigenvalue weighted by atomic mass is 9.83. The lowest BCUT2D eigenvalue weighted by Crippen LogP contribution is -2.57. The molecule has 0 aromatic heterocycles. The Labute approximate surface area is 380 Å². The summed E-state index contributed by atoms with van der Waals surface area (Å²) in [7, 11) is 2.65. The van der Waals surface area contributed by atoms with Crippen LogP contribution in [0.15, 0.2) is 0 Å². The number of nitrogens with one attached hydrogen (secondary N) is 3. The van der Waals surface area contributed by atoms with Crippen LogP contribution in [0.2, 0.25) is 0 Å². The summed E-state index contributed by atoms with van der Waals surface area (Å²) >= 11 is 24.4. The first-order valence-electron chi connectivity index (χ1n) is 20.5. The molecular weight excluding hydrogens is 890 g/mol. The second-order valence-electron chi connectivity index (χ2n) is 18.4. The number of amides is 3. The van der Waals surface area contributed by atoms with Crippen LogP contribution in [-0.4, -0.2) is 117 Å². The van der Waals surface area contributed by atoms with Gasteiger partial charge in [-0.3, -0.25) is 9.59 Å². The highest BCUT2D eigenvalue weighted by Crippen LogP contribution is 2.65. The van der Waals surface area contributed by atoms with Crippen molar-refractivity contribution in [2.45, 2.75) is 150 Å². The predicted octanol–water partition coefficient (Wildman–Crippen LogP) is 7.03. The van der Waals surface area contributed by atoms with E-state index < -0.39 is 62.1 Å². The van der Waals surface area contributed by atoms with E-state index in [2.05, 4.69) is 20.7 Å². The Balaban J connectivity index is 0.000000342. The molecule has 0 bridgehead atoms. The number of methoxy groups -OCH3 is 2. The fourth-order valence-electron chi connectivity index (χ4n) is 8.84. The van der Waals surface area contributed by atoms with Crippen LogP contribution in [0.3, 0.4) is 0 Å². The molecule has 0 aromatic rings.